The number of rotatable bonds is 3. The molecular formula is C15H13NO3. The predicted octanol–water partition coefficient (Wildman–Crippen LogP) is 2.35. The van der Waals surface area contributed by atoms with E-state index in [2.05, 4.69) is 6.58 Å². The number of ketones is 1. The molecular weight excluding hydrogens is 242 g/mol. The van der Waals surface area contributed by atoms with Crippen molar-refractivity contribution in [3.05, 3.63) is 48.1 Å². The number of Topliss-reactive ketones (excluding diaryl/α,β-unsaturated/α-hetero) is 1. The van der Waals surface area contributed by atoms with Crippen LogP contribution < -0.4 is 4.90 Å². The summed E-state index contributed by atoms with van der Waals surface area (Å²) in [5.41, 5.74) is 2.27. The summed E-state index contributed by atoms with van der Waals surface area (Å²) in [6, 6.07) is 4.99. The van der Waals surface area contributed by atoms with Gasteiger partial charge in [0, 0.05) is 17.7 Å². The molecule has 4 heteroatoms. The van der Waals surface area contributed by atoms with Gasteiger partial charge < -0.3 is 0 Å². The summed E-state index contributed by atoms with van der Waals surface area (Å²) in [4.78, 5) is 36.0. The summed E-state index contributed by atoms with van der Waals surface area (Å²) in [5, 5.41) is 0. The Bertz CT molecular complexity index is 623. The molecule has 2 rings (SSSR count). The van der Waals surface area contributed by atoms with Crippen LogP contribution in [-0.4, -0.2) is 17.6 Å². The number of amides is 2. The number of allylic oxidation sites excluding steroid dienone is 1. The first-order valence-corrected chi connectivity index (χ1v) is 5.79. The van der Waals surface area contributed by atoms with Crippen LogP contribution in [0.25, 0.3) is 5.57 Å². The second-order valence-electron chi connectivity index (χ2n) is 4.41. The van der Waals surface area contributed by atoms with E-state index in [9.17, 15) is 14.4 Å². The molecule has 0 aliphatic carbocycles. The molecule has 4 nitrogen and oxygen atoms in total. The first kappa shape index (κ1) is 13.0. The normalized spacial score (nSPS) is 14.1. The lowest BCUT2D eigenvalue weighted by molar-refractivity contribution is -0.119. The number of carbonyl (C=O) groups is 3. The largest absolute Gasteiger partial charge is 0.294 e. The number of hydrogen-bond donors (Lipinski definition) is 0. The number of benzene rings is 1. The SMILES string of the molecule is C=C(C)c1ccc(N2C(=O)C=CC2=O)c(C(C)=O)c1. The third-order valence-corrected chi connectivity index (χ3v) is 2.92. The van der Waals surface area contributed by atoms with Crippen LogP contribution in [0.3, 0.4) is 0 Å². The van der Waals surface area contributed by atoms with E-state index < -0.39 is 11.8 Å². The van der Waals surface area contributed by atoms with E-state index in [1.807, 2.05) is 6.92 Å². The minimum absolute atomic E-state index is 0.203. The molecule has 1 heterocycles. The standard InChI is InChI=1S/C15H13NO3/c1-9(2)11-4-5-13(12(8-11)10(3)17)16-14(18)6-7-15(16)19/h4-8H,1H2,2-3H3. The van der Waals surface area contributed by atoms with Gasteiger partial charge in [0.25, 0.3) is 11.8 Å². The Morgan fingerprint density at radius 3 is 2.16 bits per heavy atom. The number of hydrogen-bond acceptors (Lipinski definition) is 3. The first-order chi connectivity index (χ1) is 8.91. The maximum absolute atomic E-state index is 11.7. The number of anilines is 1. The van der Waals surface area contributed by atoms with Gasteiger partial charge in [-0.15, -0.1) is 0 Å². The van der Waals surface area contributed by atoms with E-state index in [-0.39, 0.29) is 5.78 Å². The van der Waals surface area contributed by atoms with Gasteiger partial charge in [0.15, 0.2) is 5.78 Å². The summed E-state index contributed by atoms with van der Waals surface area (Å²) in [6.07, 6.45) is 2.39. The molecule has 19 heavy (non-hydrogen) atoms. The first-order valence-electron chi connectivity index (χ1n) is 5.79. The predicted molar refractivity (Wildman–Crippen MR) is 72.8 cm³/mol. The van der Waals surface area contributed by atoms with Crippen LogP contribution in [0.1, 0.15) is 29.8 Å². The number of carbonyl (C=O) groups excluding carboxylic acids is 3. The fourth-order valence-electron chi connectivity index (χ4n) is 1.92. The lowest BCUT2D eigenvalue weighted by Gasteiger charge is -2.18. The van der Waals surface area contributed by atoms with Crippen molar-refractivity contribution in [3.63, 3.8) is 0 Å². The van der Waals surface area contributed by atoms with E-state index in [0.717, 1.165) is 16.0 Å². The quantitative estimate of drug-likeness (QED) is 0.615. The van der Waals surface area contributed by atoms with E-state index in [0.29, 0.717) is 11.3 Å². The van der Waals surface area contributed by atoms with Gasteiger partial charge >= 0.3 is 0 Å². The molecule has 1 aliphatic rings. The van der Waals surface area contributed by atoms with Crippen molar-refractivity contribution in [2.45, 2.75) is 13.8 Å². The van der Waals surface area contributed by atoms with Gasteiger partial charge in [-0.05, 0) is 31.5 Å². The van der Waals surface area contributed by atoms with E-state index >= 15 is 0 Å². The highest BCUT2D eigenvalue weighted by Crippen LogP contribution is 2.27. The van der Waals surface area contributed by atoms with Crippen molar-refractivity contribution in [2.75, 3.05) is 4.90 Å². The Labute approximate surface area is 111 Å². The van der Waals surface area contributed by atoms with Crippen LogP contribution in [0.4, 0.5) is 5.69 Å². The average Bonchev–Trinajstić information content (AvgIpc) is 2.68. The smallest absolute Gasteiger partial charge is 0.258 e. The van der Waals surface area contributed by atoms with Gasteiger partial charge in [-0.1, -0.05) is 18.2 Å². The summed E-state index contributed by atoms with van der Waals surface area (Å²) in [6.45, 7) is 7.04. The van der Waals surface area contributed by atoms with E-state index in [1.54, 1.807) is 18.2 Å². The molecule has 2 amide bonds. The maximum Gasteiger partial charge on any atom is 0.258 e. The summed E-state index contributed by atoms with van der Waals surface area (Å²) in [7, 11) is 0. The fourth-order valence-corrected chi connectivity index (χ4v) is 1.92. The van der Waals surface area contributed by atoms with Crippen molar-refractivity contribution in [1.82, 2.24) is 0 Å². The molecule has 0 bridgehead atoms. The molecule has 0 spiro atoms. The van der Waals surface area contributed by atoms with E-state index in [1.165, 1.54) is 19.1 Å². The van der Waals surface area contributed by atoms with Crippen LogP contribution >= 0.6 is 0 Å². The lowest BCUT2D eigenvalue weighted by Crippen LogP contribution is -2.31. The molecule has 1 aromatic rings. The van der Waals surface area contributed by atoms with Crippen molar-refractivity contribution >= 4 is 28.9 Å². The van der Waals surface area contributed by atoms with Gasteiger partial charge in [-0.3, -0.25) is 14.4 Å². The molecule has 0 unspecified atom stereocenters. The highest BCUT2D eigenvalue weighted by Gasteiger charge is 2.28. The monoisotopic (exact) mass is 255 g/mol. The zero-order valence-electron chi connectivity index (χ0n) is 10.8. The summed E-state index contributed by atoms with van der Waals surface area (Å²) >= 11 is 0. The molecule has 0 aromatic heterocycles. The molecule has 0 atom stereocenters. The highest BCUT2D eigenvalue weighted by molar-refractivity contribution is 6.29. The molecule has 1 aliphatic heterocycles. The summed E-state index contributed by atoms with van der Waals surface area (Å²) in [5.74, 6) is -1.07. The van der Waals surface area contributed by atoms with Crippen molar-refractivity contribution < 1.29 is 14.4 Å². The van der Waals surface area contributed by atoms with Gasteiger partial charge in [-0.25, -0.2) is 4.90 Å². The minimum Gasteiger partial charge on any atom is -0.294 e. The Morgan fingerprint density at radius 1 is 1.11 bits per heavy atom. The third kappa shape index (κ3) is 2.25. The third-order valence-electron chi connectivity index (χ3n) is 2.92. The van der Waals surface area contributed by atoms with Crippen LogP contribution in [0, 0.1) is 0 Å². The van der Waals surface area contributed by atoms with Crippen LogP contribution in [-0.2, 0) is 9.59 Å². The van der Waals surface area contributed by atoms with Crippen LogP contribution in [0.2, 0.25) is 0 Å². The lowest BCUT2D eigenvalue weighted by atomic mass is 10.0. The second kappa shape index (κ2) is 4.65. The van der Waals surface area contributed by atoms with Crippen molar-refractivity contribution in [1.29, 1.82) is 0 Å². The maximum atomic E-state index is 11.7. The Kier molecular flexibility index (Phi) is 3.17. The molecule has 0 fully saturated rings. The zero-order valence-corrected chi connectivity index (χ0v) is 10.8. The van der Waals surface area contributed by atoms with Gasteiger partial charge in [-0.2, -0.15) is 0 Å². The van der Waals surface area contributed by atoms with E-state index in [4.69, 9.17) is 0 Å². The Hall–Kier alpha value is -2.49. The van der Waals surface area contributed by atoms with Crippen molar-refractivity contribution in [2.24, 2.45) is 0 Å². The highest BCUT2D eigenvalue weighted by atomic mass is 16.2. The second-order valence-corrected chi connectivity index (χ2v) is 4.41. The molecule has 0 radical (unpaired) electrons. The van der Waals surface area contributed by atoms with Gasteiger partial charge in [0.2, 0.25) is 0 Å². The molecule has 0 saturated heterocycles. The summed E-state index contributed by atoms with van der Waals surface area (Å²) < 4.78 is 0. The molecule has 1 aromatic carbocycles. The van der Waals surface area contributed by atoms with Crippen LogP contribution in [0.5, 0.6) is 0 Å². The molecule has 0 saturated carbocycles. The Morgan fingerprint density at radius 2 is 1.68 bits per heavy atom. The van der Waals surface area contributed by atoms with Crippen LogP contribution in [0.15, 0.2) is 36.9 Å². The molecule has 0 N–H and O–H groups in total. The topological polar surface area (TPSA) is 54.5 Å². The molecule has 96 valence electrons. The fraction of sp³-hybridized carbons (Fsp3) is 0.133. The average molecular weight is 255 g/mol. The van der Waals surface area contributed by atoms with Gasteiger partial charge in [0.05, 0.1) is 5.69 Å². The number of nitrogens with zero attached hydrogens (tertiary/aromatic N) is 1. The van der Waals surface area contributed by atoms with Gasteiger partial charge in [0.1, 0.15) is 0 Å². The minimum atomic E-state index is -0.435. The zero-order chi connectivity index (χ0) is 14.2. The van der Waals surface area contributed by atoms with Crippen molar-refractivity contribution in [3.8, 4) is 0 Å². The number of imide groups is 1. The Balaban J connectivity index is 2.58.